The molecule has 2 aliphatic rings. The van der Waals surface area contributed by atoms with Crippen molar-refractivity contribution in [3.8, 4) is 0 Å². The van der Waals surface area contributed by atoms with E-state index in [0.29, 0.717) is 6.54 Å². The van der Waals surface area contributed by atoms with Gasteiger partial charge in [-0.05, 0) is 95.8 Å². The number of benzene rings is 3. The first-order valence-corrected chi connectivity index (χ1v) is 14.2. The molecule has 1 aliphatic carbocycles. The van der Waals surface area contributed by atoms with Crippen LogP contribution in [0.1, 0.15) is 44.7 Å². The highest BCUT2D eigenvalue weighted by atomic mass is 32.2. The van der Waals surface area contributed by atoms with Crippen molar-refractivity contribution in [3.63, 3.8) is 0 Å². The van der Waals surface area contributed by atoms with Gasteiger partial charge in [-0.3, -0.25) is 0 Å². The molecule has 0 saturated carbocycles. The maximum atomic E-state index is 13.5. The predicted molar refractivity (Wildman–Crippen MR) is 159 cm³/mol. The number of allylic oxidation sites excluding steroid dienone is 1. The molecule has 0 bridgehead atoms. The van der Waals surface area contributed by atoms with Gasteiger partial charge < -0.3 is 11.1 Å². The predicted octanol–water partition coefficient (Wildman–Crippen LogP) is 7.72. The van der Waals surface area contributed by atoms with Crippen molar-refractivity contribution in [1.82, 2.24) is 4.31 Å². The lowest BCUT2D eigenvalue weighted by atomic mass is 9.65. The Balaban J connectivity index is 1.42. The first-order chi connectivity index (χ1) is 18.2. The zero-order valence-corrected chi connectivity index (χ0v) is 23.5. The van der Waals surface area contributed by atoms with E-state index in [4.69, 9.17) is 5.73 Å². The summed E-state index contributed by atoms with van der Waals surface area (Å²) in [5.41, 5.74) is 13.8. The minimum absolute atomic E-state index is 0.0133. The lowest BCUT2D eigenvalue weighted by molar-refractivity contribution is 0.217. The van der Waals surface area contributed by atoms with E-state index in [9.17, 15) is 4.39 Å². The van der Waals surface area contributed by atoms with E-state index in [1.54, 1.807) is 12.1 Å². The Morgan fingerprint density at radius 2 is 1.68 bits per heavy atom. The van der Waals surface area contributed by atoms with E-state index in [0.717, 1.165) is 43.7 Å². The quantitative estimate of drug-likeness (QED) is 0.309. The van der Waals surface area contributed by atoms with Crippen molar-refractivity contribution in [1.29, 1.82) is 0 Å². The molecule has 1 aliphatic heterocycles. The van der Waals surface area contributed by atoms with Gasteiger partial charge in [0.15, 0.2) is 0 Å². The summed E-state index contributed by atoms with van der Waals surface area (Å²) < 4.78 is 16.0. The molecule has 3 nitrogen and oxygen atoms in total. The number of hydrogen-bond acceptors (Lipinski definition) is 4. The van der Waals surface area contributed by atoms with Gasteiger partial charge in [-0.15, -0.1) is 0 Å². The standard InChI is InChI=1S/C33H38FN3S/c1-32(2,3)26-9-15-30(16-10-26)38-37-18-17-27-19-31(36-29-13-11-28(34)12-14-29)25(22-35)21-33(27,23-37)20-24-7-5-4-6-8-24/h4-16,19,36H,17-18,20-23,35H2,1-3H3. The molecular formula is C33H38FN3S. The summed E-state index contributed by atoms with van der Waals surface area (Å²) >= 11 is 1.87. The summed E-state index contributed by atoms with van der Waals surface area (Å²) in [5.74, 6) is -0.231. The minimum Gasteiger partial charge on any atom is -0.356 e. The molecule has 0 aromatic heterocycles. The molecular weight excluding hydrogens is 489 g/mol. The van der Waals surface area contributed by atoms with Gasteiger partial charge in [0.1, 0.15) is 5.82 Å². The molecule has 1 fully saturated rings. The molecule has 38 heavy (non-hydrogen) atoms. The third-order valence-electron chi connectivity index (χ3n) is 7.75. The minimum atomic E-state index is -0.231. The lowest BCUT2D eigenvalue weighted by Gasteiger charge is -2.47. The second-order valence-electron chi connectivity index (χ2n) is 11.6. The Morgan fingerprint density at radius 3 is 2.34 bits per heavy atom. The molecule has 1 heterocycles. The van der Waals surface area contributed by atoms with Crippen LogP contribution in [-0.4, -0.2) is 23.9 Å². The SMILES string of the molecule is CC(C)(C)c1ccc(SN2CCC3=CC(Nc4ccc(F)cc4)=C(CN)CC3(Cc3ccccc3)C2)cc1. The Hall–Kier alpha value is -2.86. The molecule has 198 valence electrons. The Kier molecular flexibility index (Phi) is 7.80. The molecule has 0 spiro atoms. The number of rotatable bonds is 7. The van der Waals surface area contributed by atoms with Crippen LogP contribution in [0.4, 0.5) is 10.1 Å². The summed E-state index contributed by atoms with van der Waals surface area (Å²) in [6.45, 7) is 9.22. The maximum absolute atomic E-state index is 13.5. The van der Waals surface area contributed by atoms with Crippen molar-refractivity contribution in [2.75, 3.05) is 25.0 Å². The van der Waals surface area contributed by atoms with Crippen molar-refractivity contribution >= 4 is 17.6 Å². The molecule has 3 N–H and O–H groups in total. The first-order valence-electron chi connectivity index (χ1n) is 13.5. The third-order valence-corrected chi connectivity index (χ3v) is 8.80. The number of nitrogens with zero attached hydrogens (tertiary/aromatic N) is 1. The van der Waals surface area contributed by atoms with E-state index in [2.05, 4.69) is 91.1 Å². The fourth-order valence-corrected chi connectivity index (χ4v) is 6.71. The van der Waals surface area contributed by atoms with Gasteiger partial charge in [0.25, 0.3) is 0 Å². The highest BCUT2D eigenvalue weighted by Gasteiger charge is 2.42. The van der Waals surface area contributed by atoms with Crippen LogP contribution in [0.5, 0.6) is 0 Å². The lowest BCUT2D eigenvalue weighted by Crippen LogP contribution is -2.45. The molecule has 1 saturated heterocycles. The molecule has 1 atom stereocenters. The van der Waals surface area contributed by atoms with Gasteiger partial charge in [0.2, 0.25) is 0 Å². The van der Waals surface area contributed by atoms with E-state index >= 15 is 0 Å². The van der Waals surface area contributed by atoms with Crippen molar-refractivity contribution in [3.05, 3.63) is 119 Å². The van der Waals surface area contributed by atoms with E-state index < -0.39 is 0 Å². The normalized spacial score (nSPS) is 20.2. The van der Waals surface area contributed by atoms with Gasteiger partial charge >= 0.3 is 0 Å². The summed E-state index contributed by atoms with van der Waals surface area (Å²) in [4.78, 5) is 1.28. The summed E-state index contributed by atoms with van der Waals surface area (Å²) in [6.07, 6.45) is 5.23. The molecule has 3 aromatic carbocycles. The van der Waals surface area contributed by atoms with Crippen LogP contribution in [0.25, 0.3) is 0 Å². The number of nitrogens with one attached hydrogen (secondary N) is 1. The fraction of sp³-hybridized carbons (Fsp3) is 0.333. The Labute approximate surface area is 231 Å². The number of nitrogens with two attached hydrogens (primary N) is 1. The second-order valence-corrected chi connectivity index (χ2v) is 12.8. The van der Waals surface area contributed by atoms with Gasteiger partial charge in [-0.25, -0.2) is 8.70 Å². The fourth-order valence-electron chi connectivity index (χ4n) is 5.66. The average Bonchev–Trinajstić information content (AvgIpc) is 2.90. The van der Waals surface area contributed by atoms with E-state index in [-0.39, 0.29) is 16.6 Å². The zero-order chi connectivity index (χ0) is 26.8. The summed E-state index contributed by atoms with van der Waals surface area (Å²) in [7, 11) is 0. The highest BCUT2D eigenvalue weighted by Crippen LogP contribution is 2.49. The van der Waals surface area contributed by atoms with Crippen LogP contribution in [0.15, 0.2) is 107 Å². The number of halogens is 1. The molecule has 3 aromatic rings. The Bertz CT molecular complexity index is 1310. The van der Waals surface area contributed by atoms with Crippen molar-refractivity contribution < 1.29 is 4.39 Å². The van der Waals surface area contributed by atoms with Gasteiger partial charge in [0.05, 0.1) is 0 Å². The molecule has 1 unspecified atom stereocenters. The van der Waals surface area contributed by atoms with Gasteiger partial charge in [0, 0.05) is 41.3 Å². The maximum Gasteiger partial charge on any atom is 0.123 e. The van der Waals surface area contributed by atoms with Crippen LogP contribution in [0.2, 0.25) is 0 Å². The summed E-state index contributed by atoms with van der Waals surface area (Å²) in [6, 6.07) is 26.4. The van der Waals surface area contributed by atoms with Crippen LogP contribution < -0.4 is 11.1 Å². The smallest absolute Gasteiger partial charge is 0.123 e. The zero-order valence-electron chi connectivity index (χ0n) is 22.6. The van der Waals surface area contributed by atoms with Crippen LogP contribution in [-0.2, 0) is 11.8 Å². The Morgan fingerprint density at radius 1 is 0.974 bits per heavy atom. The topological polar surface area (TPSA) is 41.3 Å². The van der Waals surface area contributed by atoms with Crippen LogP contribution in [0, 0.1) is 11.2 Å². The molecule has 5 heteroatoms. The number of hydrogen-bond donors (Lipinski definition) is 2. The second kappa shape index (κ2) is 11.1. The third kappa shape index (κ3) is 6.06. The van der Waals surface area contributed by atoms with E-state index in [1.165, 1.54) is 39.3 Å². The largest absolute Gasteiger partial charge is 0.356 e. The van der Waals surface area contributed by atoms with E-state index in [1.807, 2.05) is 11.9 Å². The molecule has 0 radical (unpaired) electrons. The van der Waals surface area contributed by atoms with Crippen molar-refractivity contribution in [2.24, 2.45) is 11.1 Å². The summed E-state index contributed by atoms with van der Waals surface area (Å²) in [5, 5.41) is 3.53. The first kappa shape index (κ1) is 26.7. The van der Waals surface area contributed by atoms with Crippen LogP contribution >= 0.6 is 11.9 Å². The number of anilines is 1. The molecule has 0 amide bonds. The van der Waals surface area contributed by atoms with Gasteiger partial charge in [-0.2, -0.15) is 0 Å². The highest BCUT2D eigenvalue weighted by molar-refractivity contribution is 7.97. The molecule has 5 rings (SSSR count). The van der Waals surface area contributed by atoms with Crippen molar-refractivity contribution in [2.45, 2.75) is 50.3 Å². The average molecular weight is 528 g/mol. The number of piperidine rings is 1. The van der Waals surface area contributed by atoms with Crippen LogP contribution in [0.3, 0.4) is 0 Å². The van der Waals surface area contributed by atoms with Gasteiger partial charge in [-0.1, -0.05) is 68.8 Å². The monoisotopic (exact) mass is 527 g/mol. The number of fused-ring (bicyclic) bond motifs is 1.